The highest BCUT2D eigenvalue weighted by Crippen LogP contribution is 2.19. The lowest BCUT2D eigenvalue weighted by atomic mass is 10.1. The third-order valence-corrected chi connectivity index (χ3v) is 4.74. The molecule has 0 radical (unpaired) electrons. The van der Waals surface area contributed by atoms with Gasteiger partial charge in [0.25, 0.3) is 5.78 Å². The Balaban J connectivity index is 1.71. The van der Waals surface area contributed by atoms with Crippen molar-refractivity contribution in [1.82, 2.24) is 24.6 Å². The number of nitrogens with zero attached hydrogens (tertiary/aromatic N) is 4. The molecule has 28 heavy (non-hydrogen) atoms. The molecule has 0 aliphatic heterocycles. The predicted octanol–water partition coefficient (Wildman–Crippen LogP) is 1.86. The molecule has 0 spiro atoms. The first-order valence-corrected chi connectivity index (χ1v) is 8.75. The SMILES string of the molecule is CC(=O)c1c(C)[nH]c(C(=O)COC(=O)Cc2c(C)nc3ncnn3c2C)c1C. The third kappa shape index (κ3) is 3.42. The van der Waals surface area contributed by atoms with Crippen molar-refractivity contribution in [1.29, 1.82) is 0 Å². The largest absolute Gasteiger partial charge is 0.457 e. The molecule has 3 aromatic rings. The normalized spacial score (nSPS) is 11.0. The smallest absolute Gasteiger partial charge is 0.310 e. The Morgan fingerprint density at radius 3 is 2.54 bits per heavy atom. The fourth-order valence-electron chi connectivity index (χ4n) is 3.38. The molecule has 3 aromatic heterocycles. The number of hydrogen-bond acceptors (Lipinski definition) is 7. The molecule has 0 saturated heterocycles. The van der Waals surface area contributed by atoms with Crippen molar-refractivity contribution in [3.8, 4) is 0 Å². The van der Waals surface area contributed by atoms with Crippen LogP contribution in [0.5, 0.6) is 0 Å². The van der Waals surface area contributed by atoms with E-state index in [0.717, 1.165) is 5.69 Å². The molecule has 0 aliphatic carbocycles. The number of ketones is 2. The number of fused-ring (bicyclic) bond motifs is 1. The zero-order valence-corrected chi connectivity index (χ0v) is 16.4. The first-order chi connectivity index (χ1) is 13.2. The lowest BCUT2D eigenvalue weighted by Gasteiger charge is -2.10. The van der Waals surface area contributed by atoms with Crippen LogP contribution in [0.3, 0.4) is 0 Å². The Kier molecular flexibility index (Phi) is 5.08. The Morgan fingerprint density at radius 2 is 1.89 bits per heavy atom. The highest BCUT2D eigenvalue weighted by molar-refractivity contribution is 6.04. The molecule has 0 aliphatic rings. The van der Waals surface area contributed by atoms with E-state index in [9.17, 15) is 14.4 Å². The summed E-state index contributed by atoms with van der Waals surface area (Å²) in [6.45, 7) is 8.06. The van der Waals surface area contributed by atoms with E-state index in [0.29, 0.717) is 33.9 Å². The Bertz CT molecular complexity index is 1110. The second kappa shape index (κ2) is 7.34. The minimum Gasteiger partial charge on any atom is -0.457 e. The van der Waals surface area contributed by atoms with Gasteiger partial charge in [0, 0.05) is 28.2 Å². The molecular formula is C19H21N5O4. The molecule has 9 nitrogen and oxygen atoms in total. The minimum absolute atomic E-state index is 0.0326. The lowest BCUT2D eigenvalue weighted by Crippen LogP contribution is -2.18. The Hall–Kier alpha value is -3.36. The van der Waals surface area contributed by atoms with Crippen LogP contribution in [-0.4, -0.2) is 48.7 Å². The van der Waals surface area contributed by atoms with Gasteiger partial charge in [-0.1, -0.05) is 0 Å². The van der Waals surface area contributed by atoms with Gasteiger partial charge in [0.2, 0.25) is 5.78 Å². The second-order valence-corrected chi connectivity index (χ2v) is 6.67. The van der Waals surface area contributed by atoms with Crippen LogP contribution in [0.15, 0.2) is 6.33 Å². The maximum atomic E-state index is 12.4. The summed E-state index contributed by atoms with van der Waals surface area (Å²) in [5.41, 5.74) is 4.05. The van der Waals surface area contributed by atoms with Gasteiger partial charge >= 0.3 is 5.97 Å². The highest BCUT2D eigenvalue weighted by Gasteiger charge is 2.21. The zero-order chi connectivity index (χ0) is 20.6. The van der Waals surface area contributed by atoms with Crippen molar-refractivity contribution in [2.45, 2.75) is 41.0 Å². The number of aryl methyl sites for hydroxylation is 3. The molecule has 1 N–H and O–H groups in total. The number of aromatic amines is 1. The van der Waals surface area contributed by atoms with Crippen LogP contribution in [0.2, 0.25) is 0 Å². The lowest BCUT2D eigenvalue weighted by molar-refractivity contribution is -0.141. The third-order valence-electron chi connectivity index (χ3n) is 4.74. The molecule has 146 valence electrons. The molecular weight excluding hydrogens is 362 g/mol. The van der Waals surface area contributed by atoms with Gasteiger partial charge in [0.05, 0.1) is 12.1 Å². The van der Waals surface area contributed by atoms with Crippen molar-refractivity contribution in [2.24, 2.45) is 0 Å². The molecule has 3 rings (SSSR count). The van der Waals surface area contributed by atoms with E-state index in [1.807, 2.05) is 6.92 Å². The summed E-state index contributed by atoms with van der Waals surface area (Å²) in [6, 6.07) is 0. The maximum absolute atomic E-state index is 12.4. The predicted molar refractivity (Wildman–Crippen MR) is 99.5 cm³/mol. The van der Waals surface area contributed by atoms with Crippen LogP contribution in [0.25, 0.3) is 5.78 Å². The van der Waals surface area contributed by atoms with Crippen molar-refractivity contribution in [3.63, 3.8) is 0 Å². The minimum atomic E-state index is -0.548. The number of rotatable bonds is 6. The van der Waals surface area contributed by atoms with E-state index in [1.165, 1.54) is 13.3 Å². The van der Waals surface area contributed by atoms with Crippen molar-refractivity contribution >= 4 is 23.3 Å². The molecule has 3 heterocycles. The number of Topliss-reactive ketones (excluding diaryl/α,β-unsaturated/α-hetero) is 2. The monoisotopic (exact) mass is 383 g/mol. The van der Waals surface area contributed by atoms with Gasteiger partial charge in [0.15, 0.2) is 12.4 Å². The van der Waals surface area contributed by atoms with Crippen molar-refractivity contribution < 1.29 is 19.1 Å². The standard InChI is InChI=1S/C19H21N5O4/c1-9-17(13(5)25)11(3)22-18(9)15(26)7-28-16(27)6-14-10(2)23-19-20-8-21-24(19)12(14)4/h8,22H,6-7H2,1-5H3. The van der Waals surface area contributed by atoms with E-state index in [2.05, 4.69) is 20.1 Å². The zero-order valence-electron chi connectivity index (χ0n) is 16.4. The van der Waals surface area contributed by atoms with Crippen LogP contribution in [-0.2, 0) is 16.0 Å². The molecule has 0 amide bonds. The molecule has 0 saturated carbocycles. The number of nitrogens with one attached hydrogen (secondary N) is 1. The van der Waals surface area contributed by atoms with Gasteiger partial charge in [-0.15, -0.1) is 0 Å². The van der Waals surface area contributed by atoms with E-state index in [1.54, 1.807) is 25.3 Å². The summed E-state index contributed by atoms with van der Waals surface area (Å²) in [5.74, 6) is -0.598. The van der Waals surface area contributed by atoms with Crippen molar-refractivity contribution in [3.05, 3.63) is 45.8 Å². The van der Waals surface area contributed by atoms with Crippen molar-refractivity contribution in [2.75, 3.05) is 6.61 Å². The molecule has 0 fully saturated rings. The first-order valence-electron chi connectivity index (χ1n) is 8.75. The summed E-state index contributed by atoms with van der Waals surface area (Å²) in [6.07, 6.45) is 1.36. The van der Waals surface area contributed by atoms with Gasteiger partial charge in [0.1, 0.15) is 6.33 Å². The van der Waals surface area contributed by atoms with Gasteiger partial charge in [-0.25, -0.2) is 9.50 Å². The molecule has 9 heteroatoms. The van der Waals surface area contributed by atoms with Crippen LogP contribution >= 0.6 is 0 Å². The molecule has 0 unspecified atom stereocenters. The first kappa shape index (κ1) is 19.4. The van der Waals surface area contributed by atoms with E-state index >= 15 is 0 Å². The number of esters is 1. The van der Waals surface area contributed by atoms with Gasteiger partial charge in [-0.2, -0.15) is 10.1 Å². The van der Waals surface area contributed by atoms with Crippen LogP contribution in [0, 0.1) is 27.7 Å². The number of ether oxygens (including phenoxy) is 1. The quantitative estimate of drug-likeness (QED) is 0.509. The van der Waals surface area contributed by atoms with Gasteiger partial charge in [-0.3, -0.25) is 14.4 Å². The van der Waals surface area contributed by atoms with Crippen LogP contribution in [0.4, 0.5) is 0 Å². The second-order valence-electron chi connectivity index (χ2n) is 6.67. The summed E-state index contributed by atoms with van der Waals surface area (Å²) >= 11 is 0. The van der Waals surface area contributed by atoms with E-state index in [4.69, 9.17) is 4.74 Å². The van der Waals surface area contributed by atoms with Gasteiger partial charge in [-0.05, 0) is 40.2 Å². The molecule has 0 aromatic carbocycles. The number of carbonyl (C=O) groups excluding carboxylic acids is 3. The van der Waals surface area contributed by atoms with E-state index in [-0.39, 0.29) is 23.7 Å². The number of carbonyl (C=O) groups is 3. The molecule has 0 bridgehead atoms. The van der Waals surface area contributed by atoms with Gasteiger partial charge < -0.3 is 9.72 Å². The highest BCUT2D eigenvalue weighted by atomic mass is 16.5. The number of H-pyrrole nitrogens is 1. The fraction of sp³-hybridized carbons (Fsp3) is 0.368. The molecule has 0 atom stereocenters. The van der Waals surface area contributed by atoms with Crippen LogP contribution in [0.1, 0.15) is 56.0 Å². The van der Waals surface area contributed by atoms with E-state index < -0.39 is 12.6 Å². The maximum Gasteiger partial charge on any atom is 0.310 e. The summed E-state index contributed by atoms with van der Waals surface area (Å²) in [4.78, 5) is 47.7. The average Bonchev–Trinajstić information content (AvgIpc) is 3.20. The summed E-state index contributed by atoms with van der Waals surface area (Å²) in [5, 5.41) is 4.08. The summed E-state index contributed by atoms with van der Waals surface area (Å²) in [7, 11) is 0. The van der Waals surface area contributed by atoms with Crippen LogP contribution < -0.4 is 0 Å². The topological polar surface area (TPSA) is 119 Å². The Morgan fingerprint density at radius 1 is 1.18 bits per heavy atom. The summed E-state index contributed by atoms with van der Waals surface area (Å²) < 4.78 is 6.71. The fourth-order valence-corrected chi connectivity index (χ4v) is 3.38. The number of hydrogen-bond donors (Lipinski definition) is 1. The average molecular weight is 383 g/mol. The Labute approximate surface area is 161 Å². The number of aromatic nitrogens is 5.